The molecule has 3 fully saturated rings. The summed E-state index contributed by atoms with van der Waals surface area (Å²) in [7, 11) is -2.50. The number of piperazine rings is 1. The van der Waals surface area contributed by atoms with E-state index < -0.39 is 10.6 Å². The van der Waals surface area contributed by atoms with Crippen molar-refractivity contribution in [2.45, 2.75) is 65.0 Å². The first-order valence-corrected chi connectivity index (χ1v) is 14.7. The Kier molecular flexibility index (Phi) is 8.14. The Morgan fingerprint density at radius 2 is 1.91 bits per heavy atom. The molecule has 9 heteroatoms. The topological polar surface area (TPSA) is 93.1 Å². The number of amides is 2. The lowest BCUT2D eigenvalue weighted by Gasteiger charge is -2.41. The second-order valence-electron chi connectivity index (χ2n) is 10.4. The number of hydrogen-bond donors (Lipinski definition) is 3. The molecule has 2 amide bonds. The summed E-state index contributed by atoms with van der Waals surface area (Å²) in [5.41, 5.74) is 2.77. The SMILES string of the molecule is Cc1c(CN2CCN(C(=O)C3CCCC3)[C@@H](C)C2)cc(Cl)cc1NC(=O)CC1CCS(O)(O)C1. The number of anilines is 1. The molecule has 0 aromatic heterocycles. The Bertz CT molecular complexity index is 922. The van der Waals surface area contributed by atoms with E-state index in [2.05, 4.69) is 22.0 Å². The van der Waals surface area contributed by atoms with E-state index in [1.807, 2.05) is 13.0 Å². The van der Waals surface area contributed by atoms with E-state index in [1.54, 1.807) is 6.07 Å². The normalized spacial score (nSPS) is 26.6. The van der Waals surface area contributed by atoms with E-state index in [-0.39, 0.29) is 30.2 Å². The third kappa shape index (κ3) is 6.26. The monoisotopic (exact) mass is 511 g/mol. The van der Waals surface area contributed by atoms with Crippen LogP contribution in [-0.4, -0.2) is 67.9 Å². The third-order valence-corrected chi connectivity index (χ3v) is 9.79. The van der Waals surface area contributed by atoms with Gasteiger partial charge in [0.2, 0.25) is 11.8 Å². The number of benzene rings is 1. The van der Waals surface area contributed by atoms with E-state index in [0.717, 1.165) is 43.6 Å². The molecule has 34 heavy (non-hydrogen) atoms. The highest BCUT2D eigenvalue weighted by Gasteiger charge is 2.33. The van der Waals surface area contributed by atoms with Crippen LogP contribution in [0.1, 0.15) is 56.6 Å². The lowest BCUT2D eigenvalue weighted by molar-refractivity contribution is -0.140. The van der Waals surface area contributed by atoms with Crippen molar-refractivity contribution in [1.29, 1.82) is 0 Å². The van der Waals surface area contributed by atoms with Crippen molar-refractivity contribution in [1.82, 2.24) is 9.80 Å². The number of hydrogen-bond acceptors (Lipinski definition) is 5. The van der Waals surface area contributed by atoms with Crippen molar-refractivity contribution in [2.75, 3.05) is 36.5 Å². The minimum absolute atomic E-state index is 0.00804. The standard InChI is InChI=1S/C25H38ClN3O4S/c1-17-14-28(8-9-29(17)25(31)20-5-3-4-6-20)15-21-12-22(26)13-23(18(21)2)27-24(30)11-19-7-10-34(32,33)16-19/h12-13,17,19-20,32-33H,3-11,14-16H2,1-2H3,(H,27,30)/t17-,19?/m0/s1. The van der Waals surface area contributed by atoms with Crippen LogP contribution in [0.15, 0.2) is 12.1 Å². The fraction of sp³-hybridized carbons (Fsp3) is 0.680. The highest BCUT2D eigenvalue weighted by Crippen LogP contribution is 2.49. The second-order valence-corrected chi connectivity index (χ2v) is 13.2. The molecule has 1 saturated carbocycles. The zero-order valence-corrected chi connectivity index (χ0v) is 21.8. The summed E-state index contributed by atoms with van der Waals surface area (Å²) in [5, 5.41) is 3.57. The Labute approximate surface area is 209 Å². The molecule has 2 atom stereocenters. The molecule has 2 aliphatic heterocycles. The smallest absolute Gasteiger partial charge is 0.226 e. The maximum atomic E-state index is 12.9. The van der Waals surface area contributed by atoms with Gasteiger partial charge in [-0.15, -0.1) is 0 Å². The van der Waals surface area contributed by atoms with Crippen LogP contribution in [0.4, 0.5) is 5.69 Å². The highest BCUT2D eigenvalue weighted by molar-refractivity contribution is 8.24. The lowest BCUT2D eigenvalue weighted by Crippen LogP contribution is -2.54. The van der Waals surface area contributed by atoms with E-state index >= 15 is 0 Å². The largest absolute Gasteiger partial charge is 0.337 e. The minimum atomic E-state index is -2.50. The van der Waals surface area contributed by atoms with Gasteiger partial charge in [0, 0.05) is 66.8 Å². The molecule has 0 spiro atoms. The van der Waals surface area contributed by atoms with Crippen LogP contribution in [0.2, 0.25) is 5.02 Å². The van der Waals surface area contributed by atoms with Gasteiger partial charge < -0.3 is 10.2 Å². The van der Waals surface area contributed by atoms with Crippen molar-refractivity contribution in [3.8, 4) is 0 Å². The number of carbonyl (C=O) groups excluding carboxylic acids is 2. The summed E-state index contributed by atoms with van der Waals surface area (Å²) >= 11 is 6.41. The van der Waals surface area contributed by atoms with Gasteiger partial charge in [0.1, 0.15) is 0 Å². The second kappa shape index (κ2) is 10.7. The molecule has 0 bridgehead atoms. The summed E-state index contributed by atoms with van der Waals surface area (Å²) < 4.78 is 19.6. The Balaban J connectivity index is 1.35. The molecule has 3 aliphatic rings. The molecule has 2 heterocycles. The maximum Gasteiger partial charge on any atom is 0.226 e. The molecule has 0 radical (unpaired) electrons. The first-order chi connectivity index (χ1) is 16.1. The molecule has 190 valence electrons. The quantitative estimate of drug-likeness (QED) is 0.501. The van der Waals surface area contributed by atoms with Gasteiger partial charge >= 0.3 is 0 Å². The van der Waals surface area contributed by atoms with Gasteiger partial charge in [-0.05, 0) is 62.3 Å². The predicted molar refractivity (Wildman–Crippen MR) is 139 cm³/mol. The molecular weight excluding hydrogens is 474 g/mol. The zero-order chi connectivity index (χ0) is 24.5. The average Bonchev–Trinajstić information content (AvgIpc) is 3.40. The number of carbonyl (C=O) groups is 2. The minimum Gasteiger partial charge on any atom is -0.337 e. The summed E-state index contributed by atoms with van der Waals surface area (Å²) in [4.78, 5) is 30.0. The van der Waals surface area contributed by atoms with Crippen molar-refractivity contribution in [2.24, 2.45) is 11.8 Å². The van der Waals surface area contributed by atoms with Crippen LogP contribution in [-0.2, 0) is 16.1 Å². The highest BCUT2D eigenvalue weighted by atomic mass is 35.5. The zero-order valence-electron chi connectivity index (χ0n) is 20.3. The fourth-order valence-corrected chi connectivity index (χ4v) is 7.86. The molecule has 1 unspecified atom stereocenters. The van der Waals surface area contributed by atoms with E-state index in [4.69, 9.17) is 11.6 Å². The van der Waals surface area contributed by atoms with Gasteiger partial charge in [-0.2, -0.15) is 10.6 Å². The van der Waals surface area contributed by atoms with Crippen molar-refractivity contribution < 1.29 is 18.7 Å². The molecule has 7 nitrogen and oxygen atoms in total. The molecular formula is C25H38ClN3O4S. The van der Waals surface area contributed by atoms with Crippen LogP contribution >= 0.6 is 22.2 Å². The maximum absolute atomic E-state index is 12.9. The number of halogens is 1. The van der Waals surface area contributed by atoms with E-state index in [0.29, 0.717) is 41.1 Å². The Hall–Kier alpha value is -1.32. The van der Waals surface area contributed by atoms with Crippen molar-refractivity contribution >= 4 is 39.7 Å². The molecule has 1 aromatic carbocycles. The van der Waals surface area contributed by atoms with Gasteiger partial charge in [-0.1, -0.05) is 24.4 Å². The summed E-state index contributed by atoms with van der Waals surface area (Å²) in [6.45, 7) is 7.24. The summed E-state index contributed by atoms with van der Waals surface area (Å²) in [6, 6.07) is 3.92. The molecule has 4 rings (SSSR count). The number of nitrogens with zero attached hydrogens (tertiary/aromatic N) is 2. The lowest BCUT2D eigenvalue weighted by atomic mass is 10.0. The van der Waals surface area contributed by atoms with Crippen LogP contribution < -0.4 is 5.32 Å². The van der Waals surface area contributed by atoms with Gasteiger partial charge in [-0.25, -0.2) is 0 Å². The Morgan fingerprint density at radius 1 is 1.18 bits per heavy atom. The first kappa shape index (κ1) is 25.8. The van der Waals surface area contributed by atoms with Crippen molar-refractivity contribution in [3.05, 3.63) is 28.3 Å². The first-order valence-electron chi connectivity index (χ1n) is 12.5. The van der Waals surface area contributed by atoms with Crippen LogP contribution in [0, 0.1) is 18.8 Å². The van der Waals surface area contributed by atoms with Gasteiger partial charge in [0.15, 0.2) is 0 Å². The molecule has 1 aliphatic carbocycles. The predicted octanol–water partition coefficient (Wildman–Crippen LogP) is 4.97. The third-order valence-electron chi connectivity index (χ3n) is 7.68. The van der Waals surface area contributed by atoms with Gasteiger partial charge in [0.25, 0.3) is 0 Å². The molecule has 2 saturated heterocycles. The van der Waals surface area contributed by atoms with Gasteiger partial charge in [-0.3, -0.25) is 23.6 Å². The fourth-order valence-electron chi connectivity index (χ4n) is 5.71. The Morgan fingerprint density at radius 3 is 2.56 bits per heavy atom. The molecule has 3 N–H and O–H groups in total. The number of rotatable bonds is 6. The van der Waals surface area contributed by atoms with Gasteiger partial charge in [0.05, 0.1) is 0 Å². The van der Waals surface area contributed by atoms with E-state index in [9.17, 15) is 18.7 Å². The van der Waals surface area contributed by atoms with Crippen LogP contribution in [0.25, 0.3) is 0 Å². The average molecular weight is 512 g/mol. The summed E-state index contributed by atoms with van der Waals surface area (Å²) in [6.07, 6.45) is 5.36. The van der Waals surface area contributed by atoms with E-state index in [1.165, 1.54) is 12.8 Å². The number of nitrogens with one attached hydrogen (secondary N) is 1. The molecule has 1 aromatic rings. The van der Waals surface area contributed by atoms with Crippen molar-refractivity contribution in [3.63, 3.8) is 0 Å². The van der Waals surface area contributed by atoms with Crippen LogP contribution in [0.3, 0.4) is 0 Å². The summed E-state index contributed by atoms with van der Waals surface area (Å²) in [5.74, 6) is 1.14. The van der Waals surface area contributed by atoms with Crippen LogP contribution in [0.5, 0.6) is 0 Å².